The molecule has 0 saturated heterocycles. The second kappa shape index (κ2) is 11.6. The van der Waals surface area contributed by atoms with E-state index >= 15 is 0 Å². The number of anilines is 2. The Morgan fingerprint density at radius 2 is 1.66 bits per heavy atom. The van der Waals surface area contributed by atoms with Gasteiger partial charge < -0.3 is 20.5 Å². The van der Waals surface area contributed by atoms with Crippen LogP contribution in [0.25, 0.3) is 11.1 Å². The summed E-state index contributed by atoms with van der Waals surface area (Å²) in [6.45, 7) is 5.85. The molecular formula is C27H32N4O4. The lowest BCUT2D eigenvalue weighted by atomic mass is 9.94. The number of methoxy groups -OCH3 is 1. The summed E-state index contributed by atoms with van der Waals surface area (Å²) in [5.74, 6) is -0.851. The number of carbonyl (C=O) groups excluding carboxylic acids is 2. The maximum Gasteiger partial charge on any atom is 0.325 e. The lowest BCUT2D eigenvalue weighted by molar-refractivity contribution is -0.144. The Labute approximate surface area is 205 Å². The average Bonchev–Trinajstić information content (AvgIpc) is 2.86. The van der Waals surface area contributed by atoms with Gasteiger partial charge in [-0.1, -0.05) is 24.3 Å². The van der Waals surface area contributed by atoms with Crippen LogP contribution in [0.1, 0.15) is 32.7 Å². The number of hydrogen-bond acceptors (Lipinski definition) is 7. The number of rotatable bonds is 9. The van der Waals surface area contributed by atoms with E-state index in [1.54, 1.807) is 12.3 Å². The van der Waals surface area contributed by atoms with E-state index in [1.165, 1.54) is 7.11 Å². The molecule has 0 saturated carbocycles. The third kappa shape index (κ3) is 5.85. The largest absolute Gasteiger partial charge is 0.468 e. The number of pyridine rings is 1. The third-order valence-electron chi connectivity index (χ3n) is 6.13. The normalized spacial score (nSPS) is 11.6. The van der Waals surface area contributed by atoms with Gasteiger partial charge in [-0.2, -0.15) is 0 Å². The molecule has 35 heavy (non-hydrogen) atoms. The van der Waals surface area contributed by atoms with Crippen LogP contribution in [-0.2, 0) is 16.1 Å². The highest BCUT2D eigenvalue weighted by Crippen LogP contribution is 2.33. The van der Waals surface area contributed by atoms with Crippen molar-refractivity contribution in [3.05, 3.63) is 76.6 Å². The quantitative estimate of drug-likeness (QED) is 0.349. The number of carbonyl (C=O) groups is 2. The molecule has 0 unspecified atom stereocenters. The molecule has 4 N–H and O–H groups in total. The Morgan fingerprint density at radius 3 is 2.23 bits per heavy atom. The number of nitrogens with one attached hydrogen (secondary N) is 3. The lowest BCUT2D eigenvalue weighted by Crippen LogP contribution is -2.40. The zero-order valence-corrected chi connectivity index (χ0v) is 20.7. The first-order chi connectivity index (χ1) is 16.8. The number of hydrogen-bond donors (Lipinski definition) is 4. The topological polar surface area (TPSA) is 113 Å². The van der Waals surface area contributed by atoms with Crippen molar-refractivity contribution in [3.8, 4) is 11.1 Å². The minimum atomic E-state index is -0.824. The summed E-state index contributed by atoms with van der Waals surface area (Å²) in [4.78, 5) is 28.9. The highest BCUT2D eigenvalue weighted by Gasteiger charge is 2.18. The number of esters is 1. The zero-order valence-electron chi connectivity index (χ0n) is 20.7. The van der Waals surface area contributed by atoms with Crippen molar-refractivity contribution in [1.29, 1.82) is 0 Å². The van der Waals surface area contributed by atoms with Crippen LogP contribution in [0.3, 0.4) is 0 Å². The number of aliphatic hydroxyl groups is 1. The molecule has 8 heteroatoms. The van der Waals surface area contributed by atoms with Crippen LogP contribution in [0.2, 0.25) is 0 Å². The van der Waals surface area contributed by atoms with E-state index in [0.717, 1.165) is 44.8 Å². The van der Waals surface area contributed by atoms with Crippen LogP contribution < -0.4 is 16.0 Å². The number of aromatic nitrogens is 1. The van der Waals surface area contributed by atoms with Gasteiger partial charge in [-0.25, -0.2) is 0 Å². The number of nitrogens with zero attached hydrogens (tertiary/aromatic N) is 1. The fourth-order valence-corrected chi connectivity index (χ4v) is 3.94. The van der Waals surface area contributed by atoms with Crippen LogP contribution >= 0.6 is 0 Å². The first kappa shape index (κ1) is 25.9. The van der Waals surface area contributed by atoms with E-state index < -0.39 is 12.0 Å². The second-order valence-corrected chi connectivity index (χ2v) is 8.30. The van der Waals surface area contributed by atoms with Crippen molar-refractivity contribution in [2.75, 3.05) is 31.4 Å². The van der Waals surface area contributed by atoms with E-state index in [9.17, 15) is 14.7 Å². The second-order valence-electron chi connectivity index (χ2n) is 8.30. The van der Waals surface area contributed by atoms with Crippen LogP contribution in [-0.4, -0.2) is 48.8 Å². The van der Waals surface area contributed by atoms with E-state index in [1.807, 2.05) is 51.2 Å². The van der Waals surface area contributed by atoms with Crippen molar-refractivity contribution in [2.45, 2.75) is 33.4 Å². The summed E-state index contributed by atoms with van der Waals surface area (Å²) in [5.41, 5.74) is 7.96. The summed E-state index contributed by atoms with van der Waals surface area (Å²) in [6.07, 6.45) is 1.60. The summed E-state index contributed by atoms with van der Waals surface area (Å²) in [6, 6.07) is 12.8. The Balaban J connectivity index is 1.78. The minimum Gasteiger partial charge on any atom is -0.468 e. The average molecular weight is 477 g/mol. The van der Waals surface area contributed by atoms with Crippen LogP contribution in [0.5, 0.6) is 0 Å². The molecule has 0 aliphatic carbocycles. The van der Waals surface area contributed by atoms with Gasteiger partial charge in [-0.05, 0) is 72.4 Å². The maximum atomic E-state index is 13.0. The standard InChI is InChI=1S/C27H32N4O4/c1-16-12-24(29-13-19(16)14-30-25(15-32)27(34)35-5)26(33)31-23-11-7-9-21(18(23)3)20-8-6-10-22(28-4)17(20)2/h6-13,25,28,30,32H,14-15H2,1-5H3,(H,31,33)/t25-/m0/s1. The number of aryl methyl sites for hydroxylation is 1. The number of ether oxygens (including phenoxy) is 1. The SMILES string of the molecule is CNc1cccc(-c2cccc(NC(=O)c3cc(C)c(CN[C@@H](CO)C(=O)OC)cn3)c2C)c1C. The zero-order chi connectivity index (χ0) is 25.5. The fourth-order valence-electron chi connectivity index (χ4n) is 3.94. The Kier molecular flexibility index (Phi) is 8.57. The molecule has 2 aromatic carbocycles. The summed E-state index contributed by atoms with van der Waals surface area (Å²) >= 11 is 0. The van der Waals surface area contributed by atoms with Gasteiger partial charge in [0.1, 0.15) is 11.7 Å². The minimum absolute atomic E-state index is 0.288. The summed E-state index contributed by atoms with van der Waals surface area (Å²) in [7, 11) is 3.17. The number of aliphatic hydroxyl groups excluding tert-OH is 1. The molecular weight excluding hydrogens is 444 g/mol. The van der Waals surface area contributed by atoms with Gasteiger partial charge >= 0.3 is 5.97 Å². The van der Waals surface area contributed by atoms with E-state index in [-0.39, 0.29) is 18.2 Å². The molecule has 1 atom stereocenters. The highest BCUT2D eigenvalue weighted by atomic mass is 16.5. The number of amides is 1. The Morgan fingerprint density at radius 1 is 1.03 bits per heavy atom. The van der Waals surface area contributed by atoms with Gasteiger partial charge in [0.15, 0.2) is 0 Å². The Hall–Kier alpha value is -3.75. The molecule has 0 aliphatic heterocycles. The molecule has 1 amide bonds. The molecule has 8 nitrogen and oxygen atoms in total. The Bertz CT molecular complexity index is 1230. The molecule has 3 aromatic rings. The molecule has 1 heterocycles. The van der Waals surface area contributed by atoms with Crippen LogP contribution in [0.15, 0.2) is 48.7 Å². The van der Waals surface area contributed by atoms with Crippen molar-refractivity contribution in [2.24, 2.45) is 0 Å². The van der Waals surface area contributed by atoms with Crippen molar-refractivity contribution in [1.82, 2.24) is 10.3 Å². The molecule has 0 radical (unpaired) electrons. The monoisotopic (exact) mass is 476 g/mol. The third-order valence-corrected chi connectivity index (χ3v) is 6.13. The van der Waals surface area contributed by atoms with Gasteiger partial charge in [0.25, 0.3) is 5.91 Å². The molecule has 0 spiro atoms. The van der Waals surface area contributed by atoms with E-state index in [0.29, 0.717) is 6.54 Å². The first-order valence-corrected chi connectivity index (χ1v) is 11.4. The molecule has 1 aromatic heterocycles. The van der Waals surface area contributed by atoms with Gasteiger partial charge in [-0.3, -0.25) is 19.9 Å². The smallest absolute Gasteiger partial charge is 0.325 e. The first-order valence-electron chi connectivity index (χ1n) is 11.4. The maximum absolute atomic E-state index is 13.0. The van der Waals surface area contributed by atoms with E-state index in [4.69, 9.17) is 0 Å². The molecule has 184 valence electrons. The predicted octanol–water partition coefficient (Wildman–Crippen LogP) is 3.59. The molecule has 3 rings (SSSR count). The summed E-state index contributed by atoms with van der Waals surface area (Å²) in [5, 5.41) is 18.5. The van der Waals surface area contributed by atoms with Gasteiger partial charge in [-0.15, -0.1) is 0 Å². The molecule has 0 fully saturated rings. The number of benzene rings is 2. The molecule has 0 aliphatic rings. The van der Waals surface area contributed by atoms with Crippen LogP contribution in [0.4, 0.5) is 11.4 Å². The van der Waals surface area contributed by atoms with Crippen molar-refractivity contribution in [3.63, 3.8) is 0 Å². The lowest BCUT2D eigenvalue weighted by Gasteiger charge is -2.17. The highest BCUT2D eigenvalue weighted by molar-refractivity contribution is 6.04. The van der Waals surface area contributed by atoms with Gasteiger partial charge in [0, 0.05) is 31.2 Å². The van der Waals surface area contributed by atoms with Gasteiger partial charge in [0.2, 0.25) is 0 Å². The fraction of sp³-hybridized carbons (Fsp3) is 0.296. The van der Waals surface area contributed by atoms with Crippen molar-refractivity contribution >= 4 is 23.3 Å². The summed E-state index contributed by atoms with van der Waals surface area (Å²) < 4.78 is 4.66. The van der Waals surface area contributed by atoms with Crippen molar-refractivity contribution < 1.29 is 19.4 Å². The van der Waals surface area contributed by atoms with Crippen LogP contribution in [0, 0.1) is 20.8 Å². The predicted molar refractivity (Wildman–Crippen MR) is 138 cm³/mol. The van der Waals surface area contributed by atoms with E-state index in [2.05, 4.69) is 38.7 Å². The van der Waals surface area contributed by atoms with Gasteiger partial charge in [0.05, 0.1) is 13.7 Å². The molecule has 0 bridgehead atoms.